The van der Waals surface area contributed by atoms with Crippen LogP contribution in [0.5, 0.6) is 0 Å². The molecule has 2 heterocycles. The molecule has 1 aromatic rings. The molecule has 1 saturated heterocycles. The number of thiophene rings is 1. The van der Waals surface area contributed by atoms with E-state index in [1.54, 1.807) is 16.2 Å². The Hall–Kier alpha value is -1.48. The molecule has 2 amide bonds. The van der Waals surface area contributed by atoms with Gasteiger partial charge in [-0.25, -0.2) is 4.79 Å². The fourth-order valence-electron chi connectivity index (χ4n) is 2.11. The summed E-state index contributed by atoms with van der Waals surface area (Å²) < 4.78 is 40.0. The van der Waals surface area contributed by atoms with E-state index < -0.39 is 12.8 Å². The van der Waals surface area contributed by atoms with Crippen LogP contribution in [0.25, 0.3) is 0 Å². The van der Waals surface area contributed by atoms with E-state index in [2.05, 4.69) is 15.0 Å². The van der Waals surface area contributed by atoms with E-state index >= 15 is 0 Å². The maximum atomic E-state index is 11.9. The number of nitrogens with one attached hydrogen (secondary N) is 1. The average molecular weight is 337 g/mol. The van der Waals surface area contributed by atoms with Gasteiger partial charge in [-0.1, -0.05) is 0 Å². The summed E-state index contributed by atoms with van der Waals surface area (Å²) in [7, 11) is 0. The molecule has 1 aliphatic heterocycles. The molecule has 5 nitrogen and oxygen atoms in total. The van der Waals surface area contributed by atoms with Gasteiger partial charge < -0.3 is 19.9 Å². The number of carbonyl (C=O) groups is 1. The molecule has 0 radical (unpaired) electrons. The SMILES string of the molecule is O=C(NCCOCC(F)(F)F)N1CCN(c2cccs2)CC1. The van der Waals surface area contributed by atoms with Crippen molar-refractivity contribution in [1.82, 2.24) is 10.2 Å². The lowest BCUT2D eigenvalue weighted by Crippen LogP contribution is -2.52. The molecule has 0 spiro atoms. The first-order chi connectivity index (χ1) is 10.5. The Morgan fingerprint density at radius 3 is 2.64 bits per heavy atom. The minimum atomic E-state index is -4.33. The summed E-state index contributed by atoms with van der Waals surface area (Å²) in [5.41, 5.74) is 0. The van der Waals surface area contributed by atoms with Crippen LogP contribution < -0.4 is 10.2 Å². The first kappa shape index (κ1) is 16.9. The number of alkyl halides is 3. The van der Waals surface area contributed by atoms with Crippen LogP contribution in [0.4, 0.5) is 23.0 Å². The average Bonchev–Trinajstić information content (AvgIpc) is 3.00. The maximum absolute atomic E-state index is 11.9. The molecular weight excluding hydrogens is 319 g/mol. The van der Waals surface area contributed by atoms with E-state index in [0.29, 0.717) is 13.1 Å². The van der Waals surface area contributed by atoms with E-state index in [1.165, 1.54) is 5.00 Å². The molecule has 0 aliphatic carbocycles. The molecule has 2 rings (SSSR count). The number of ether oxygens (including phenoxy) is 1. The number of rotatable bonds is 5. The number of carbonyl (C=O) groups excluding carboxylic acids is 1. The minimum absolute atomic E-state index is 0.0695. The molecule has 9 heteroatoms. The van der Waals surface area contributed by atoms with Crippen molar-refractivity contribution in [2.75, 3.05) is 50.8 Å². The lowest BCUT2D eigenvalue weighted by atomic mass is 10.3. The van der Waals surface area contributed by atoms with E-state index in [1.807, 2.05) is 17.5 Å². The number of hydrogen-bond donors (Lipinski definition) is 1. The van der Waals surface area contributed by atoms with Gasteiger partial charge in [0.05, 0.1) is 11.6 Å². The number of anilines is 1. The molecule has 0 atom stereocenters. The number of amides is 2. The molecule has 1 aliphatic rings. The second kappa shape index (κ2) is 7.68. The molecule has 1 aromatic heterocycles. The van der Waals surface area contributed by atoms with Crippen LogP contribution in [0, 0.1) is 0 Å². The summed E-state index contributed by atoms with van der Waals surface area (Å²) in [6.07, 6.45) is -4.33. The Bertz CT molecular complexity index is 460. The highest BCUT2D eigenvalue weighted by molar-refractivity contribution is 7.14. The molecule has 0 bridgehead atoms. The summed E-state index contributed by atoms with van der Waals surface area (Å²) in [5.74, 6) is 0. The summed E-state index contributed by atoms with van der Waals surface area (Å²) >= 11 is 1.66. The fraction of sp³-hybridized carbons (Fsp3) is 0.615. The van der Waals surface area contributed by atoms with Crippen LogP contribution >= 0.6 is 11.3 Å². The predicted octanol–water partition coefficient (Wildman–Crippen LogP) is 2.16. The van der Waals surface area contributed by atoms with Gasteiger partial charge in [0.25, 0.3) is 0 Å². The Morgan fingerprint density at radius 1 is 1.32 bits per heavy atom. The van der Waals surface area contributed by atoms with Gasteiger partial charge in [-0.15, -0.1) is 11.3 Å². The van der Waals surface area contributed by atoms with Crippen LogP contribution in [0.3, 0.4) is 0 Å². The third kappa shape index (κ3) is 5.38. The molecule has 1 fully saturated rings. The van der Waals surface area contributed by atoms with Crippen molar-refractivity contribution in [3.63, 3.8) is 0 Å². The first-order valence-electron chi connectivity index (χ1n) is 6.91. The van der Waals surface area contributed by atoms with Gasteiger partial charge in [0, 0.05) is 32.7 Å². The Balaban J connectivity index is 1.61. The topological polar surface area (TPSA) is 44.8 Å². The molecule has 0 unspecified atom stereocenters. The third-order valence-corrected chi connectivity index (χ3v) is 4.10. The number of urea groups is 1. The predicted molar refractivity (Wildman–Crippen MR) is 78.4 cm³/mol. The Kier molecular flexibility index (Phi) is 5.90. The number of hydrogen-bond acceptors (Lipinski definition) is 4. The molecular formula is C13H18F3N3O2S. The smallest absolute Gasteiger partial charge is 0.370 e. The maximum Gasteiger partial charge on any atom is 0.411 e. The highest BCUT2D eigenvalue weighted by atomic mass is 32.1. The molecule has 1 N–H and O–H groups in total. The van der Waals surface area contributed by atoms with Crippen LogP contribution in [-0.2, 0) is 4.74 Å². The lowest BCUT2D eigenvalue weighted by Gasteiger charge is -2.35. The Morgan fingerprint density at radius 2 is 2.05 bits per heavy atom. The quantitative estimate of drug-likeness (QED) is 0.838. The van der Waals surface area contributed by atoms with Crippen molar-refractivity contribution in [1.29, 1.82) is 0 Å². The third-order valence-electron chi connectivity index (χ3n) is 3.17. The monoisotopic (exact) mass is 337 g/mol. The van der Waals surface area contributed by atoms with Crippen LogP contribution in [-0.4, -0.2) is 63.0 Å². The van der Waals surface area contributed by atoms with E-state index in [-0.39, 0.29) is 19.2 Å². The molecule has 22 heavy (non-hydrogen) atoms. The number of piperazine rings is 1. The van der Waals surface area contributed by atoms with Gasteiger partial charge in [-0.05, 0) is 17.5 Å². The Labute approximate surface area is 130 Å². The summed E-state index contributed by atoms with van der Waals surface area (Å²) in [6.45, 7) is 1.31. The summed E-state index contributed by atoms with van der Waals surface area (Å²) in [5, 5.41) is 5.76. The van der Waals surface area contributed by atoms with Gasteiger partial charge in [0.15, 0.2) is 0 Å². The van der Waals surface area contributed by atoms with Gasteiger partial charge in [0.1, 0.15) is 6.61 Å². The molecule has 124 valence electrons. The van der Waals surface area contributed by atoms with Crippen molar-refractivity contribution in [3.05, 3.63) is 17.5 Å². The van der Waals surface area contributed by atoms with Crippen molar-refractivity contribution >= 4 is 22.4 Å². The normalized spacial score (nSPS) is 16.0. The lowest BCUT2D eigenvalue weighted by molar-refractivity contribution is -0.173. The van der Waals surface area contributed by atoms with E-state index in [9.17, 15) is 18.0 Å². The second-order valence-electron chi connectivity index (χ2n) is 4.83. The zero-order valence-electron chi connectivity index (χ0n) is 11.9. The van der Waals surface area contributed by atoms with Crippen molar-refractivity contribution in [2.45, 2.75) is 6.18 Å². The number of halogens is 3. The van der Waals surface area contributed by atoms with E-state index in [4.69, 9.17) is 0 Å². The van der Waals surface area contributed by atoms with Gasteiger partial charge in [-0.3, -0.25) is 0 Å². The summed E-state index contributed by atoms with van der Waals surface area (Å²) in [6, 6.07) is 3.76. The van der Waals surface area contributed by atoms with Crippen LogP contribution in [0.1, 0.15) is 0 Å². The highest BCUT2D eigenvalue weighted by Crippen LogP contribution is 2.22. The molecule has 0 saturated carbocycles. The first-order valence-corrected chi connectivity index (χ1v) is 7.79. The zero-order chi connectivity index (χ0) is 16.0. The van der Waals surface area contributed by atoms with E-state index in [0.717, 1.165) is 13.1 Å². The number of nitrogens with zero attached hydrogens (tertiary/aromatic N) is 2. The standard InChI is InChI=1S/C13H18F3N3O2S/c14-13(15,16)10-21-8-3-17-12(20)19-6-4-18(5-7-19)11-2-1-9-22-11/h1-2,9H,3-8,10H2,(H,17,20). The second-order valence-corrected chi connectivity index (χ2v) is 5.75. The zero-order valence-corrected chi connectivity index (χ0v) is 12.8. The largest absolute Gasteiger partial charge is 0.411 e. The van der Waals surface area contributed by atoms with Crippen LogP contribution in [0.2, 0.25) is 0 Å². The molecule has 0 aromatic carbocycles. The van der Waals surface area contributed by atoms with Crippen LogP contribution in [0.15, 0.2) is 17.5 Å². The van der Waals surface area contributed by atoms with Crippen molar-refractivity contribution < 1.29 is 22.7 Å². The van der Waals surface area contributed by atoms with Gasteiger partial charge >= 0.3 is 12.2 Å². The van der Waals surface area contributed by atoms with Crippen molar-refractivity contribution in [2.24, 2.45) is 0 Å². The fourth-order valence-corrected chi connectivity index (χ4v) is 2.89. The van der Waals surface area contributed by atoms with Crippen molar-refractivity contribution in [3.8, 4) is 0 Å². The van der Waals surface area contributed by atoms with Gasteiger partial charge in [-0.2, -0.15) is 13.2 Å². The summed E-state index contributed by atoms with van der Waals surface area (Å²) in [4.78, 5) is 15.7. The van der Waals surface area contributed by atoms with Gasteiger partial charge in [0.2, 0.25) is 0 Å². The highest BCUT2D eigenvalue weighted by Gasteiger charge is 2.27. The minimum Gasteiger partial charge on any atom is -0.370 e.